The first-order valence-electron chi connectivity index (χ1n) is 4.65. The maximum atomic E-state index is 11.1. The van der Waals surface area contributed by atoms with E-state index in [9.17, 15) is 4.79 Å². The molecular weight excluding hydrogens is 170 g/mol. The highest BCUT2D eigenvalue weighted by Crippen LogP contribution is 2.06. The van der Waals surface area contributed by atoms with E-state index in [1.807, 2.05) is 0 Å². The number of rotatable bonds is 3. The summed E-state index contributed by atoms with van der Waals surface area (Å²) in [6.45, 7) is 3.34. The van der Waals surface area contributed by atoms with Crippen molar-refractivity contribution in [2.45, 2.75) is 31.8 Å². The third-order valence-electron chi connectivity index (χ3n) is 2.20. The fourth-order valence-electron chi connectivity index (χ4n) is 1.47. The first-order valence-corrected chi connectivity index (χ1v) is 4.65. The average Bonchev–Trinajstić information content (AvgIpc) is 2.18. The molecule has 1 saturated heterocycles. The van der Waals surface area contributed by atoms with Crippen LogP contribution in [0.4, 0.5) is 0 Å². The van der Waals surface area contributed by atoms with Gasteiger partial charge in [0, 0.05) is 12.6 Å². The molecule has 0 aromatic rings. The second kappa shape index (κ2) is 5.19. The predicted octanol–water partition coefficient (Wildman–Crippen LogP) is 0.316. The number of carbonyl (C=O) groups is 1. The highest BCUT2D eigenvalue weighted by Gasteiger charge is 2.20. The first-order chi connectivity index (χ1) is 6.24. The van der Waals surface area contributed by atoms with Crippen molar-refractivity contribution in [1.82, 2.24) is 5.32 Å². The first kappa shape index (κ1) is 10.5. The molecule has 0 aliphatic carbocycles. The van der Waals surface area contributed by atoms with E-state index in [1.54, 1.807) is 6.92 Å². The van der Waals surface area contributed by atoms with Gasteiger partial charge in [0.05, 0.1) is 13.7 Å². The Labute approximate surface area is 78.6 Å². The van der Waals surface area contributed by atoms with Crippen LogP contribution in [0.25, 0.3) is 0 Å². The van der Waals surface area contributed by atoms with Gasteiger partial charge in [-0.05, 0) is 19.8 Å². The molecule has 4 nitrogen and oxygen atoms in total. The molecule has 1 heterocycles. The van der Waals surface area contributed by atoms with Gasteiger partial charge in [0.25, 0.3) is 0 Å². The normalized spacial score (nSPS) is 25.2. The Morgan fingerprint density at radius 3 is 3.00 bits per heavy atom. The fourth-order valence-corrected chi connectivity index (χ4v) is 1.47. The van der Waals surface area contributed by atoms with Gasteiger partial charge in [-0.2, -0.15) is 0 Å². The van der Waals surface area contributed by atoms with E-state index in [0.29, 0.717) is 12.6 Å². The third-order valence-corrected chi connectivity index (χ3v) is 2.20. The van der Waals surface area contributed by atoms with E-state index >= 15 is 0 Å². The molecule has 2 atom stereocenters. The number of esters is 1. The Balaban J connectivity index is 2.25. The lowest BCUT2D eigenvalue weighted by Crippen LogP contribution is -2.45. The molecule has 13 heavy (non-hydrogen) atoms. The molecule has 1 rings (SSSR count). The molecule has 0 aromatic carbocycles. The van der Waals surface area contributed by atoms with E-state index in [0.717, 1.165) is 19.4 Å². The molecule has 0 saturated carbocycles. The van der Waals surface area contributed by atoms with Crippen LogP contribution in [0.5, 0.6) is 0 Å². The smallest absolute Gasteiger partial charge is 0.322 e. The van der Waals surface area contributed by atoms with Gasteiger partial charge in [-0.15, -0.1) is 0 Å². The Morgan fingerprint density at radius 1 is 1.69 bits per heavy atom. The number of ether oxygens (including phenoxy) is 2. The van der Waals surface area contributed by atoms with Crippen molar-refractivity contribution in [1.29, 1.82) is 0 Å². The molecule has 0 aromatic heterocycles. The number of methoxy groups -OCH3 is 1. The monoisotopic (exact) mass is 187 g/mol. The number of carbonyl (C=O) groups excluding carboxylic acids is 1. The van der Waals surface area contributed by atoms with Crippen LogP contribution in [0.2, 0.25) is 0 Å². The number of hydrogen-bond donors (Lipinski definition) is 1. The molecule has 0 amide bonds. The summed E-state index contributed by atoms with van der Waals surface area (Å²) >= 11 is 0. The SMILES string of the molecule is COC(=O)[C@H](C)NC1CCCOC1. The molecule has 0 spiro atoms. The molecule has 1 N–H and O–H groups in total. The van der Waals surface area contributed by atoms with E-state index in [-0.39, 0.29) is 12.0 Å². The molecule has 1 unspecified atom stereocenters. The summed E-state index contributed by atoms with van der Waals surface area (Å²) in [5.74, 6) is -0.217. The van der Waals surface area contributed by atoms with Crippen molar-refractivity contribution in [2.24, 2.45) is 0 Å². The average molecular weight is 187 g/mol. The van der Waals surface area contributed by atoms with Gasteiger partial charge in [0.2, 0.25) is 0 Å². The predicted molar refractivity (Wildman–Crippen MR) is 48.5 cm³/mol. The molecule has 0 bridgehead atoms. The van der Waals surface area contributed by atoms with Crippen molar-refractivity contribution >= 4 is 5.97 Å². The van der Waals surface area contributed by atoms with Crippen molar-refractivity contribution in [3.05, 3.63) is 0 Å². The van der Waals surface area contributed by atoms with Gasteiger partial charge in [0.15, 0.2) is 0 Å². The molecule has 4 heteroatoms. The van der Waals surface area contributed by atoms with Crippen LogP contribution in [0.3, 0.4) is 0 Å². The summed E-state index contributed by atoms with van der Waals surface area (Å²) in [6, 6.07) is 0.0551. The van der Waals surface area contributed by atoms with Crippen molar-refractivity contribution in [3.8, 4) is 0 Å². The van der Waals surface area contributed by atoms with Gasteiger partial charge >= 0.3 is 5.97 Å². The molecule has 1 fully saturated rings. The fraction of sp³-hybridized carbons (Fsp3) is 0.889. The zero-order chi connectivity index (χ0) is 9.68. The summed E-state index contributed by atoms with van der Waals surface area (Å²) in [5, 5.41) is 3.17. The molecular formula is C9H17NO3. The molecule has 76 valence electrons. The highest BCUT2D eigenvalue weighted by atomic mass is 16.5. The van der Waals surface area contributed by atoms with E-state index in [1.165, 1.54) is 7.11 Å². The van der Waals surface area contributed by atoms with Crippen LogP contribution in [0.1, 0.15) is 19.8 Å². The van der Waals surface area contributed by atoms with Crippen molar-refractivity contribution < 1.29 is 14.3 Å². The lowest BCUT2D eigenvalue weighted by atomic mass is 10.1. The summed E-state index contributed by atoms with van der Waals surface area (Å²) < 4.78 is 9.89. The summed E-state index contributed by atoms with van der Waals surface area (Å²) in [7, 11) is 1.40. The Kier molecular flexibility index (Phi) is 4.18. The Hall–Kier alpha value is -0.610. The minimum atomic E-state index is -0.239. The Bertz CT molecular complexity index is 166. The van der Waals surface area contributed by atoms with Crippen LogP contribution < -0.4 is 5.32 Å². The zero-order valence-electron chi connectivity index (χ0n) is 8.21. The van der Waals surface area contributed by atoms with Gasteiger partial charge in [0.1, 0.15) is 6.04 Å². The number of nitrogens with one attached hydrogen (secondary N) is 1. The van der Waals surface area contributed by atoms with Gasteiger partial charge in [-0.25, -0.2) is 0 Å². The van der Waals surface area contributed by atoms with E-state index in [4.69, 9.17) is 4.74 Å². The molecule has 1 aliphatic heterocycles. The maximum Gasteiger partial charge on any atom is 0.322 e. The molecule has 0 radical (unpaired) electrons. The molecule has 1 aliphatic rings. The minimum Gasteiger partial charge on any atom is -0.468 e. The lowest BCUT2D eigenvalue weighted by Gasteiger charge is -2.25. The zero-order valence-corrected chi connectivity index (χ0v) is 8.21. The second-order valence-electron chi connectivity index (χ2n) is 3.33. The summed E-state index contributed by atoms with van der Waals surface area (Å²) in [6.07, 6.45) is 2.13. The van der Waals surface area contributed by atoms with Crippen molar-refractivity contribution in [3.63, 3.8) is 0 Å². The highest BCUT2D eigenvalue weighted by molar-refractivity contribution is 5.75. The number of hydrogen-bond acceptors (Lipinski definition) is 4. The van der Waals surface area contributed by atoms with Crippen LogP contribution in [0, 0.1) is 0 Å². The van der Waals surface area contributed by atoms with Crippen LogP contribution in [-0.2, 0) is 14.3 Å². The van der Waals surface area contributed by atoms with Crippen LogP contribution in [0.15, 0.2) is 0 Å². The van der Waals surface area contributed by atoms with Gasteiger partial charge < -0.3 is 9.47 Å². The van der Waals surface area contributed by atoms with E-state index in [2.05, 4.69) is 10.1 Å². The van der Waals surface area contributed by atoms with Gasteiger partial charge in [-0.3, -0.25) is 10.1 Å². The third kappa shape index (κ3) is 3.32. The van der Waals surface area contributed by atoms with E-state index < -0.39 is 0 Å². The maximum absolute atomic E-state index is 11.1. The topological polar surface area (TPSA) is 47.6 Å². The minimum absolute atomic E-state index is 0.217. The van der Waals surface area contributed by atoms with Crippen LogP contribution in [-0.4, -0.2) is 38.4 Å². The summed E-state index contributed by atoms with van der Waals surface area (Å²) in [4.78, 5) is 11.1. The Morgan fingerprint density at radius 2 is 2.46 bits per heavy atom. The van der Waals surface area contributed by atoms with Crippen molar-refractivity contribution in [2.75, 3.05) is 20.3 Å². The van der Waals surface area contributed by atoms with Crippen LogP contribution >= 0.6 is 0 Å². The van der Waals surface area contributed by atoms with Gasteiger partial charge in [-0.1, -0.05) is 0 Å². The second-order valence-corrected chi connectivity index (χ2v) is 3.33. The lowest BCUT2D eigenvalue weighted by molar-refractivity contribution is -0.143. The standard InChI is InChI=1S/C9H17NO3/c1-7(9(11)12-2)10-8-4-3-5-13-6-8/h7-8,10H,3-6H2,1-2H3/t7-,8?/m0/s1. The summed E-state index contributed by atoms with van der Waals surface area (Å²) in [5.41, 5.74) is 0. The largest absolute Gasteiger partial charge is 0.468 e. The quantitative estimate of drug-likeness (QED) is 0.646.